The third kappa shape index (κ3) is 9.24. The minimum Gasteiger partial charge on any atom is -0.457 e. The van der Waals surface area contributed by atoms with E-state index < -0.39 is 36.1 Å². The van der Waals surface area contributed by atoms with Gasteiger partial charge in [0.2, 0.25) is 0 Å². The monoisotopic (exact) mass is 519 g/mol. The number of aromatic nitrogens is 1. The normalized spacial score (nSPS) is 34.3. The van der Waals surface area contributed by atoms with Gasteiger partial charge in [0, 0.05) is 23.6 Å². The van der Waals surface area contributed by atoms with Crippen molar-refractivity contribution < 1.29 is 24.5 Å². The zero-order chi connectivity index (χ0) is 27.0. The highest BCUT2D eigenvalue weighted by Gasteiger charge is 2.34. The molecule has 0 fully saturated rings. The number of hydrogen-bond acceptors (Lipinski definition) is 7. The van der Waals surface area contributed by atoms with Crippen LogP contribution in [0.4, 0.5) is 0 Å². The largest absolute Gasteiger partial charge is 0.457 e. The third-order valence-electron chi connectivity index (χ3n) is 7.46. The summed E-state index contributed by atoms with van der Waals surface area (Å²) in [5.74, 6) is -1.75. The number of aryl methyl sites for hydroxylation is 1. The molecule has 2 heterocycles. The fourth-order valence-electron chi connectivity index (χ4n) is 4.95. The predicted molar refractivity (Wildman–Crippen MR) is 146 cm³/mol. The topological polar surface area (TPSA) is 96.7 Å². The number of hydrogen-bond donors (Lipinski definition) is 2. The molecular formula is C29H45NO5S. The van der Waals surface area contributed by atoms with Crippen LogP contribution in [0.25, 0.3) is 6.08 Å². The van der Waals surface area contributed by atoms with Gasteiger partial charge < -0.3 is 14.9 Å². The Morgan fingerprint density at radius 2 is 1.83 bits per heavy atom. The number of aliphatic hydroxyl groups excluding tert-OH is 2. The number of allylic oxidation sites excluding steroid dienone is 1. The molecule has 0 aliphatic carbocycles. The van der Waals surface area contributed by atoms with Gasteiger partial charge in [0.25, 0.3) is 0 Å². The molecule has 0 saturated carbocycles. The summed E-state index contributed by atoms with van der Waals surface area (Å²) < 4.78 is 5.82. The molecule has 36 heavy (non-hydrogen) atoms. The smallest absolute Gasteiger partial charge is 0.309 e. The standard InChI is InChI=1S/C29H45NO5S/c1-17-9-8-10-18(2)13-20(4)28(33)22(6)29(34)21(5)25(31)15-27(32)35-26(12-11-17)19(3)14-24-16-36-23(7)30-24/h11,14,16,18,20-22,25-26,28,31,33H,8-10,12-13,15H2,1-7H3/b17-11-,19-14+/t18?,20-,21+,22+,25-,26-,28-/m0/s1. The molecule has 202 valence electrons. The summed E-state index contributed by atoms with van der Waals surface area (Å²) in [5.41, 5.74) is 2.97. The van der Waals surface area contributed by atoms with Gasteiger partial charge in [0.1, 0.15) is 11.9 Å². The number of ether oxygens (including phenoxy) is 1. The van der Waals surface area contributed by atoms with E-state index in [1.807, 2.05) is 32.2 Å². The Morgan fingerprint density at radius 1 is 1.14 bits per heavy atom. The van der Waals surface area contributed by atoms with E-state index in [-0.39, 0.29) is 18.1 Å². The summed E-state index contributed by atoms with van der Waals surface area (Å²) in [7, 11) is 0. The molecule has 7 heteroatoms. The Labute approximate surface area is 220 Å². The lowest BCUT2D eigenvalue weighted by atomic mass is 9.80. The van der Waals surface area contributed by atoms with Gasteiger partial charge in [0.15, 0.2) is 0 Å². The average Bonchev–Trinajstić information content (AvgIpc) is 3.23. The van der Waals surface area contributed by atoms with Crippen molar-refractivity contribution in [2.24, 2.45) is 23.7 Å². The van der Waals surface area contributed by atoms with E-state index in [4.69, 9.17) is 4.74 Å². The number of rotatable bonds is 2. The zero-order valence-corrected chi connectivity index (χ0v) is 23.8. The summed E-state index contributed by atoms with van der Waals surface area (Å²) in [6.45, 7) is 13.5. The molecule has 0 amide bonds. The maximum Gasteiger partial charge on any atom is 0.309 e. The number of ketones is 1. The molecule has 0 spiro atoms. The number of esters is 1. The number of aliphatic hydroxyl groups is 2. The number of carbonyl (C=O) groups is 2. The molecule has 0 radical (unpaired) electrons. The van der Waals surface area contributed by atoms with Crippen LogP contribution in [-0.4, -0.2) is 45.3 Å². The molecule has 0 saturated heterocycles. The summed E-state index contributed by atoms with van der Waals surface area (Å²) in [6, 6.07) is 0. The van der Waals surface area contributed by atoms with Crippen molar-refractivity contribution in [2.45, 2.75) is 105 Å². The second-order valence-electron chi connectivity index (χ2n) is 10.9. The van der Waals surface area contributed by atoms with Gasteiger partial charge >= 0.3 is 5.97 Å². The Bertz CT molecular complexity index is 936. The lowest BCUT2D eigenvalue weighted by molar-refractivity contribution is -0.151. The Hall–Kier alpha value is -1.83. The van der Waals surface area contributed by atoms with E-state index in [1.165, 1.54) is 5.57 Å². The first-order chi connectivity index (χ1) is 16.9. The van der Waals surface area contributed by atoms with E-state index >= 15 is 0 Å². The van der Waals surface area contributed by atoms with Crippen LogP contribution in [0.1, 0.15) is 90.8 Å². The SMILES string of the molecule is C/C1=C/C[C@@H](/C(C)=C/c2csc(C)n2)OC(=O)C[C@H](O)[C@@H](C)C(=O)[C@H](C)[C@@H](O)[C@@H](C)CC(C)CCC1. The third-order valence-corrected chi connectivity index (χ3v) is 8.25. The van der Waals surface area contributed by atoms with Gasteiger partial charge in [0.05, 0.1) is 29.3 Å². The van der Waals surface area contributed by atoms with Gasteiger partial charge in [-0.2, -0.15) is 0 Å². The van der Waals surface area contributed by atoms with Gasteiger partial charge in [-0.05, 0) is 63.5 Å². The molecule has 1 aliphatic rings. The number of nitrogens with zero attached hydrogens (tertiary/aromatic N) is 1. The Morgan fingerprint density at radius 3 is 2.47 bits per heavy atom. The number of carbonyl (C=O) groups excluding carboxylic acids is 2. The highest BCUT2D eigenvalue weighted by atomic mass is 32.1. The maximum atomic E-state index is 13.0. The van der Waals surface area contributed by atoms with Crippen molar-refractivity contribution in [3.63, 3.8) is 0 Å². The molecule has 2 rings (SSSR count). The number of cyclic esters (lactones) is 1. The first-order valence-electron chi connectivity index (χ1n) is 13.2. The number of Topliss-reactive ketones (excluding diaryl/α,β-unsaturated/α-hetero) is 1. The molecule has 1 aliphatic heterocycles. The summed E-state index contributed by atoms with van der Waals surface area (Å²) in [4.78, 5) is 30.3. The minimum absolute atomic E-state index is 0.0270. The highest BCUT2D eigenvalue weighted by Crippen LogP contribution is 2.28. The predicted octanol–water partition coefficient (Wildman–Crippen LogP) is 5.90. The molecule has 1 aromatic heterocycles. The van der Waals surface area contributed by atoms with Crippen molar-refractivity contribution in [1.29, 1.82) is 0 Å². The Kier molecular flexibility index (Phi) is 12.0. The Balaban J connectivity index is 2.28. The van der Waals surface area contributed by atoms with Crippen LogP contribution >= 0.6 is 11.3 Å². The van der Waals surface area contributed by atoms with Crippen LogP contribution in [0.5, 0.6) is 0 Å². The van der Waals surface area contributed by atoms with E-state index in [1.54, 1.807) is 25.2 Å². The molecule has 0 aromatic carbocycles. The molecule has 6 nitrogen and oxygen atoms in total. The number of thiazole rings is 1. The van der Waals surface area contributed by atoms with Gasteiger partial charge in [-0.1, -0.05) is 45.8 Å². The fourth-order valence-corrected chi connectivity index (χ4v) is 5.52. The van der Waals surface area contributed by atoms with Crippen LogP contribution in [-0.2, 0) is 14.3 Å². The molecule has 0 bridgehead atoms. The lowest BCUT2D eigenvalue weighted by Crippen LogP contribution is -2.39. The van der Waals surface area contributed by atoms with Crippen LogP contribution in [0.3, 0.4) is 0 Å². The van der Waals surface area contributed by atoms with E-state index in [9.17, 15) is 19.8 Å². The highest BCUT2D eigenvalue weighted by molar-refractivity contribution is 7.09. The van der Waals surface area contributed by atoms with Crippen molar-refractivity contribution in [2.75, 3.05) is 0 Å². The fraction of sp³-hybridized carbons (Fsp3) is 0.690. The second-order valence-corrected chi connectivity index (χ2v) is 12.0. The van der Waals surface area contributed by atoms with Crippen molar-refractivity contribution >= 4 is 29.2 Å². The van der Waals surface area contributed by atoms with E-state index in [2.05, 4.69) is 24.9 Å². The molecular weight excluding hydrogens is 474 g/mol. The van der Waals surface area contributed by atoms with Crippen LogP contribution < -0.4 is 0 Å². The van der Waals surface area contributed by atoms with Crippen molar-refractivity contribution in [3.05, 3.63) is 33.3 Å². The van der Waals surface area contributed by atoms with Crippen molar-refractivity contribution in [3.8, 4) is 0 Å². The summed E-state index contributed by atoms with van der Waals surface area (Å²) in [6.07, 6.45) is 5.79. The van der Waals surface area contributed by atoms with Crippen LogP contribution in [0, 0.1) is 30.6 Å². The molecule has 1 aromatic rings. The van der Waals surface area contributed by atoms with Crippen LogP contribution in [0.2, 0.25) is 0 Å². The van der Waals surface area contributed by atoms with E-state index in [0.29, 0.717) is 12.3 Å². The van der Waals surface area contributed by atoms with Crippen molar-refractivity contribution in [1.82, 2.24) is 4.98 Å². The first kappa shape index (κ1) is 30.4. The summed E-state index contributed by atoms with van der Waals surface area (Å²) in [5, 5.41) is 24.5. The van der Waals surface area contributed by atoms with Gasteiger partial charge in [-0.25, -0.2) is 4.98 Å². The lowest BCUT2D eigenvalue weighted by Gasteiger charge is -2.29. The molecule has 1 unspecified atom stereocenters. The average molecular weight is 520 g/mol. The zero-order valence-electron chi connectivity index (χ0n) is 23.0. The van der Waals surface area contributed by atoms with Crippen LogP contribution in [0.15, 0.2) is 22.6 Å². The molecule has 2 N–H and O–H groups in total. The van der Waals surface area contributed by atoms with Gasteiger partial charge in [-0.15, -0.1) is 11.3 Å². The van der Waals surface area contributed by atoms with E-state index in [0.717, 1.165) is 42.0 Å². The van der Waals surface area contributed by atoms with Gasteiger partial charge in [-0.3, -0.25) is 9.59 Å². The second kappa shape index (κ2) is 14.2. The summed E-state index contributed by atoms with van der Waals surface area (Å²) >= 11 is 1.57. The maximum absolute atomic E-state index is 13.0. The molecule has 7 atom stereocenters. The quantitative estimate of drug-likeness (QED) is 0.373. The minimum atomic E-state index is -1.17. The first-order valence-corrected chi connectivity index (χ1v) is 14.1.